The maximum Gasteiger partial charge on any atom is 0.289 e. The Labute approximate surface area is 173 Å². The molecular weight excluding hydrogens is 389 g/mol. The van der Waals surface area contributed by atoms with Crippen LogP contribution in [0.3, 0.4) is 0 Å². The third-order valence-corrected chi connectivity index (χ3v) is 6.33. The Morgan fingerprint density at radius 2 is 1.90 bits per heavy atom. The lowest BCUT2D eigenvalue weighted by Crippen LogP contribution is -2.53. The number of fused-ring (bicyclic) bond motifs is 3. The summed E-state index contributed by atoms with van der Waals surface area (Å²) >= 11 is 0. The molecule has 1 saturated heterocycles. The average molecular weight is 413 g/mol. The van der Waals surface area contributed by atoms with E-state index < -0.39 is 5.95 Å². The van der Waals surface area contributed by atoms with Gasteiger partial charge in [0.1, 0.15) is 0 Å². The Bertz CT molecular complexity index is 972. The molecule has 0 unspecified atom stereocenters. The fourth-order valence-corrected chi connectivity index (χ4v) is 4.73. The number of hydrogen-bond acceptors (Lipinski definition) is 6. The summed E-state index contributed by atoms with van der Waals surface area (Å²) in [6.45, 7) is 3.09. The average Bonchev–Trinajstić information content (AvgIpc) is 3.42. The first-order chi connectivity index (χ1) is 14.6. The SMILES string of the molecule is O=C(NC1CCCC1)c1nnc2n1CCN1CCN(C(=O)c3ccnc(F)c3)C[C@@H]21. The van der Waals surface area contributed by atoms with Crippen LogP contribution in [0.2, 0.25) is 0 Å². The van der Waals surface area contributed by atoms with Crippen LogP contribution in [0, 0.1) is 5.95 Å². The number of halogens is 1. The van der Waals surface area contributed by atoms with Crippen molar-refractivity contribution in [1.82, 2.24) is 34.9 Å². The van der Waals surface area contributed by atoms with Crippen molar-refractivity contribution in [2.24, 2.45) is 0 Å². The first-order valence-corrected chi connectivity index (χ1v) is 10.5. The fraction of sp³-hybridized carbons (Fsp3) is 0.550. The molecule has 0 spiro atoms. The van der Waals surface area contributed by atoms with Gasteiger partial charge in [0.25, 0.3) is 11.8 Å². The summed E-state index contributed by atoms with van der Waals surface area (Å²) in [4.78, 5) is 33.1. The quantitative estimate of drug-likeness (QED) is 0.754. The molecule has 3 aliphatic rings. The van der Waals surface area contributed by atoms with Crippen molar-refractivity contribution in [2.75, 3.05) is 26.2 Å². The van der Waals surface area contributed by atoms with E-state index in [-0.39, 0.29) is 29.5 Å². The molecule has 1 saturated carbocycles. The second-order valence-corrected chi connectivity index (χ2v) is 8.16. The van der Waals surface area contributed by atoms with Gasteiger partial charge in [-0.3, -0.25) is 14.5 Å². The van der Waals surface area contributed by atoms with Crippen LogP contribution >= 0.6 is 0 Å². The van der Waals surface area contributed by atoms with Gasteiger partial charge in [0, 0.05) is 56.6 Å². The van der Waals surface area contributed by atoms with Crippen molar-refractivity contribution >= 4 is 11.8 Å². The highest BCUT2D eigenvalue weighted by Gasteiger charge is 2.38. The van der Waals surface area contributed by atoms with Gasteiger partial charge < -0.3 is 14.8 Å². The summed E-state index contributed by atoms with van der Waals surface area (Å²) in [6.07, 6.45) is 5.60. The van der Waals surface area contributed by atoms with E-state index in [1.807, 2.05) is 4.57 Å². The molecule has 0 radical (unpaired) electrons. The smallest absolute Gasteiger partial charge is 0.289 e. The van der Waals surface area contributed by atoms with Gasteiger partial charge in [0.05, 0.1) is 6.04 Å². The number of nitrogens with zero attached hydrogens (tertiary/aromatic N) is 6. The molecule has 158 valence electrons. The first-order valence-electron chi connectivity index (χ1n) is 10.5. The van der Waals surface area contributed by atoms with Gasteiger partial charge in [-0.1, -0.05) is 12.8 Å². The number of amides is 2. The Hall–Kier alpha value is -2.88. The summed E-state index contributed by atoms with van der Waals surface area (Å²) < 4.78 is 15.3. The normalized spacial score (nSPS) is 21.9. The van der Waals surface area contributed by atoms with E-state index in [0.717, 1.165) is 38.3 Å². The highest BCUT2D eigenvalue weighted by atomic mass is 19.1. The van der Waals surface area contributed by atoms with Crippen LogP contribution < -0.4 is 5.32 Å². The molecule has 5 rings (SSSR count). The molecule has 4 heterocycles. The molecule has 1 aliphatic carbocycles. The minimum absolute atomic E-state index is 0.135. The number of carbonyl (C=O) groups excluding carboxylic acids is 2. The summed E-state index contributed by atoms with van der Waals surface area (Å²) in [6, 6.07) is 2.76. The molecule has 9 nitrogen and oxygen atoms in total. The van der Waals surface area contributed by atoms with E-state index in [2.05, 4.69) is 25.4 Å². The zero-order chi connectivity index (χ0) is 20.7. The number of piperazine rings is 1. The molecule has 2 aromatic heterocycles. The van der Waals surface area contributed by atoms with Crippen molar-refractivity contribution in [3.63, 3.8) is 0 Å². The fourth-order valence-electron chi connectivity index (χ4n) is 4.73. The van der Waals surface area contributed by atoms with Crippen molar-refractivity contribution in [3.8, 4) is 0 Å². The first kappa shape index (κ1) is 19.1. The van der Waals surface area contributed by atoms with Gasteiger partial charge in [0.2, 0.25) is 11.8 Å². The minimum atomic E-state index is -0.671. The molecule has 1 N–H and O–H groups in total. The molecular formula is C20H24FN7O2. The van der Waals surface area contributed by atoms with E-state index in [9.17, 15) is 14.0 Å². The Morgan fingerprint density at radius 1 is 1.10 bits per heavy atom. The largest absolute Gasteiger partial charge is 0.347 e. The van der Waals surface area contributed by atoms with Crippen LogP contribution in [0.4, 0.5) is 4.39 Å². The third kappa shape index (κ3) is 3.45. The molecule has 0 bridgehead atoms. The molecule has 1 atom stereocenters. The lowest BCUT2D eigenvalue weighted by Gasteiger charge is -2.43. The maximum absolute atomic E-state index is 13.4. The predicted octanol–water partition coefficient (Wildman–Crippen LogP) is 0.997. The van der Waals surface area contributed by atoms with Crippen LogP contribution in [-0.4, -0.2) is 73.6 Å². The van der Waals surface area contributed by atoms with E-state index >= 15 is 0 Å². The highest BCUT2D eigenvalue weighted by Crippen LogP contribution is 2.29. The lowest BCUT2D eigenvalue weighted by atomic mass is 10.1. The second kappa shape index (κ2) is 7.75. The van der Waals surface area contributed by atoms with Gasteiger partial charge in [-0.25, -0.2) is 4.98 Å². The Balaban J connectivity index is 1.34. The number of carbonyl (C=O) groups is 2. The number of nitrogens with one attached hydrogen (secondary N) is 1. The molecule has 2 fully saturated rings. The van der Waals surface area contributed by atoms with Crippen molar-refractivity contribution in [3.05, 3.63) is 41.5 Å². The Morgan fingerprint density at radius 3 is 2.70 bits per heavy atom. The van der Waals surface area contributed by atoms with Gasteiger partial charge in [-0.2, -0.15) is 4.39 Å². The number of hydrogen-bond donors (Lipinski definition) is 1. The van der Waals surface area contributed by atoms with Crippen LogP contribution in [0.1, 0.15) is 58.5 Å². The molecule has 2 aliphatic heterocycles. The topological polar surface area (TPSA) is 96.3 Å². The number of pyridine rings is 1. The summed E-state index contributed by atoms with van der Waals surface area (Å²) in [5.74, 6) is -0.0286. The molecule has 30 heavy (non-hydrogen) atoms. The van der Waals surface area contributed by atoms with Crippen molar-refractivity contribution < 1.29 is 14.0 Å². The van der Waals surface area contributed by atoms with E-state index in [1.165, 1.54) is 12.3 Å². The zero-order valence-electron chi connectivity index (χ0n) is 16.6. The maximum atomic E-state index is 13.4. The molecule has 2 aromatic rings. The summed E-state index contributed by atoms with van der Waals surface area (Å²) in [7, 11) is 0. The second-order valence-electron chi connectivity index (χ2n) is 8.16. The van der Waals surface area contributed by atoms with Gasteiger partial charge in [-0.05, 0) is 18.9 Å². The lowest BCUT2D eigenvalue weighted by molar-refractivity contribution is 0.0372. The minimum Gasteiger partial charge on any atom is -0.347 e. The molecule has 10 heteroatoms. The van der Waals surface area contributed by atoms with E-state index in [1.54, 1.807) is 4.90 Å². The summed E-state index contributed by atoms with van der Waals surface area (Å²) in [5, 5.41) is 11.6. The van der Waals surface area contributed by atoms with Gasteiger partial charge in [-0.15, -0.1) is 10.2 Å². The number of aromatic nitrogens is 4. The van der Waals surface area contributed by atoms with Gasteiger partial charge in [0.15, 0.2) is 5.82 Å². The van der Waals surface area contributed by atoms with Crippen LogP contribution in [0.5, 0.6) is 0 Å². The van der Waals surface area contributed by atoms with E-state index in [4.69, 9.17) is 0 Å². The summed E-state index contributed by atoms with van der Waals surface area (Å²) in [5.41, 5.74) is 0.282. The third-order valence-electron chi connectivity index (χ3n) is 6.33. The molecule has 0 aromatic carbocycles. The van der Waals surface area contributed by atoms with E-state index in [0.29, 0.717) is 37.8 Å². The van der Waals surface area contributed by atoms with Crippen molar-refractivity contribution in [1.29, 1.82) is 0 Å². The predicted molar refractivity (Wildman–Crippen MR) is 104 cm³/mol. The zero-order valence-corrected chi connectivity index (χ0v) is 16.6. The van der Waals surface area contributed by atoms with Crippen LogP contribution in [0.15, 0.2) is 18.3 Å². The Kier molecular flexibility index (Phi) is 4.93. The van der Waals surface area contributed by atoms with Crippen molar-refractivity contribution in [2.45, 2.75) is 44.3 Å². The highest BCUT2D eigenvalue weighted by molar-refractivity contribution is 5.94. The van der Waals surface area contributed by atoms with Crippen LogP contribution in [0.25, 0.3) is 0 Å². The standard InChI is InChI=1S/C20H24FN7O2/c21-16-11-13(5-6-22-16)20(30)27-8-7-26-9-10-28-17(15(26)12-27)24-25-18(28)19(29)23-14-3-1-2-4-14/h5-6,11,14-15H,1-4,7-10,12H2,(H,23,29)/t15-/m0/s1. The van der Waals surface area contributed by atoms with Crippen LogP contribution in [-0.2, 0) is 6.54 Å². The monoisotopic (exact) mass is 413 g/mol. The molecule has 2 amide bonds. The van der Waals surface area contributed by atoms with Gasteiger partial charge >= 0.3 is 0 Å². The number of rotatable bonds is 3.